The van der Waals surface area contributed by atoms with Gasteiger partial charge in [0.2, 0.25) is 23.6 Å². The maximum atomic E-state index is 13.1. The van der Waals surface area contributed by atoms with Crippen LogP contribution in [0.3, 0.4) is 0 Å². The van der Waals surface area contributed by atoms with Crippen LogP contribution >= 0.6 is 7.59 Å². The summed E-state index contributed by atoms with van der Waals surface area (Å²) < 4.78 is 21.7. The topological polar surface area (TPSA) is 154 Å². The number of carbonyl (C=O) groups excluding carboxylic acids is 5. The van der Waals surface area contributed by atoms with Crippen LogP contribution in [0.1, 0.15) is 34.6 Å². The molecule has 8 rings (SSSR count). The predicted molar refractivity (Wildman–Crippen MR) is 133 cm³/mol. The normalized spacial score (nSPS) is 44.7. The van der Waals surface area contributed by atoms with Gasteiger partial charge >= 0.3 is 13.7 Å². The van der Waals surface area contributed by atoms with E-state index in [1.165, 1.54) is 0 Å². The Kier molecular flexibility index (Phi) is 5.40. The Hall–Kier alpha value is -2.56. The minimum absolute atomic E-state index is 0.0411. The third-order valence-corrected chi connectivity index (χ3v) is 12.6. The van der Waals surface area contributed by atoms with Gasteiger partial charge in [0.05, 0.1) is 30.3 Å². The van der Waals surface area contributed by atoms with Gasteiger partial charge in [0.1, 0.15) is 0 Å². The fourth-order valence-corrected chi connectivity index (χ4v) is 10.9. The number of allylic oxidation sites excluding steroid dienone is 2. The molecule has 0 spiro atoms. The molecule has 2 bridgehead atoms. The van der Waals surface area contributed by atoms with Crippen LogP contribution in [0.15, 0.2) is 12.2 Å². The van der Waals surface area contributed by atoms with Gasteiger partial charge in [-0.15, -0.1) is 0 Å². The van der Waals surface area contributed by atoms with E-state index in [4.69, 9.17) is 4.74 Å². The monoisotopic (exact) mass is 547 g/mol. The number of ether oxygens (including phenoxy) is 1. The zero-order chi connectivity index (χ0) is 27.5. The first-order chi connectivity index (χ1) is 17.7. The molecule has 4 aliphatic carbocycles. The molecule has 5 amide bonds. The molecule has 4 aliphatic heterocycles. The lowest BCUT2D eigenvalue weighted by atomic mass is 9.40. The van der Waals surface area contributed by atoms with Crippen molar-refractivity contribution in [3.05, 3.63) is 12.2 Å². The van der Waals surface area contributed by atoms with E-state index < -0.39 is 13.7 Å². The van der Waals surface area contributed by atoms with Crippen molar-refractivity contribution in [3.8, 4) is 0 Å². The van der Waals surface area contributed by atoms with Gasteiger partial charge < -0.3 is 4.74 Å². The molecule has 38 heavy (non-hydrogen) atoms. The van der Waals surface area contributed by atoms with Crippen molar-refractivity contribution >= 4 is 37.3 Å². The van der Waals surface area contributed by atoms with Crippen LogP contribution in [-0.4, -0.2) is 69.8 Å². The minimum atomic E-state index is -3.03. The van der Waals surface area contributed by atoms with Crippen LogP contribution in [0.2, 0.25) is 0 Å². The molecule has 8 aliphatic rings. The number of rotatable bonds is 4. The molecular formula is C25H34N5O7P. The lowest BCUT2D eigenvalue weighted by Gasteiger charge is -2.60. The Morgan fingerprint density at radius 3 is 1.58 bits per heavy atom. The highest BCUT2D eigenvalue weighted by Crippen LogP contribution is 2.68. The van der Waals surface area contributed by atoms with Gasteiger partial charge in [-0.2, -0.15) is 0 Å². The van der Waals surface area contributed by atoms with E-state index in [1.807, 2.05) is 49.2 Å². The van der Waals surface area contributed by atoms with E-state index in [-0.39, 0.29) is 88.7 Å². The third-order valence-electron chi connectivity index (χ3n) is 9.46. The maximum Gasteiger partial charge on any atom is 0.414 e. The van der Waals surface area contributed by atoms with Gasteiger partial charge in [-0.3, -0.25) is 34.4 Å². The van der Waals surface area contributed by atoms with E-state index in [2.05, 4.69) is 15.7 Å². The summed E-state index contributed by atoms with van der Waals surface area (Å²) in [5.41, 5.74) is -0.235. The molecule has 2 unspecified atom stereocenters. The van der Waals surface area contributed by atoms with E-state index in [9.17, 15) is 28.5 Å². The highest BCUT2D eigenvalue weighted by molar-refractivity contribution is 7.58. The lowest BCUT2D eigenvalue weighted by Crippen LogP contribution is -2.63. The number of hydrogen-bond acceptors (Lipinski definition) is 7. The Balaban J connectivity index is 0.000000140. The molecule has 0 aromatic heterocycles. The summed E-state index contributed by atoms with van der Waals surface area (Å²) in [4.78, 5) is 59.3. The predicted octanol–water partition coefficient (Wildman–Crippen LogP) is 0.855. The van der Waals surface area contributed by atoms with Gasteiger partial charge in [0.25, 0.3) is 0 Å². The Morgan fingerprint density at radius 2 is 1.24 bits per heavy atom. The Morgan fingerprint density at radius 1 is 0.868 bits per heavy atom. The highest BCUT2D eigenvalue weighted by Gasteiger charge is 2.73. The average molecular weight is 548 g/mol. The maximum absolute atomic E-state index is 13.1. The second-order valence-electron chi connectivity index (χ2n) is 12.6. The fourth-order valence-electron chi connectivity index (χ4n) is 7.56. The summed E-state index contributed by atoms with van der Waals surface area (Å²) in [6.45, 7) is 11.5. The molecule has 0 aromatic carbocycles. The van der Waals surface area contributed by atoms with Crippen LogP contribution in [0.4, 0.5) is 4.79 Å². The molecule has 10 atom stereocenters. The molecular weight excluding hydrogens is 513 g/mol. The molecule has 0 aromatic rings. The summed E-state index contributed by atoms with van der Waals surface area (Å²) in [7, 11) is -3.03. The molecule has 6 fully saturated rings. The SMILES string of the molecule is CCOC(=O)NP(=O)(N1CC1(C)C)N1CC1(C)C.O=C1NC(=O)[C@H]2[C@H]3C=C[C@@H]([C@@H]12)[C@@H]1[C@H]2C(=O)NC(=O)[C@H]2[C@H]31. The van der Waals surface area contributed by atoms with Gasteiger partial charge in [-0.25, -0.2) is 19.2 Å². The number of hydrogen-bond donors (Lipinski definition) is 3. The van der Waals surface area contributed by atoms with Crippen molar-refractivity contribution in [1.29, 1.82) is 0 Å². The first-order valence-electron chi connectivity index (χ1n) is 13.2. The second-order valence-corrected chi connectivity index (χ2v) is 14.9. The largest absolute Gasteiger partial charge is 0.450 e. The molecule has 2 saturated carbocycles. The number of nitrogens with zero attached hydrogens (tertiary/aromatic N) is 2. The van der Waals surface area contributed by atoms with Gasteiger partial charge in [-0.1, -0.05) is 12.2 Å². The summed E-state index contributed by atoms with van der Waals surface area (Å²) in [5, 5.41) is 7.39. The van der Waals surface area contributed by atoms with Crippen LogP contribution in [0, 0.1) is 47.3 Å². The van der Waals surface area contributed by atoms with Gasteiger partial charge in [0.15, 0.2) is 0 Å². The third kappa shape index (κ3) is 3.49. The Labute approximate surface area is 220 Å². The van der Waals surface area contributed by atoms with Crippen LogP contribution < -0.4 is 15.7 Å². The van der Waals surface area contributed by atoms with Gasteiger partial charge in [-0.05, 0) is 58.3 Å². The molecule has 4 saturated heterocycles. The van der Waals surface area contributed by atoms with Crippen LogP contribution in [0.25, 0.3) is 0 Å². The minimum Gasteiger partial charge on any atom is -0.450 e. The van der Waals surface area contributed by atoms with E-state index >= 15 is 0 Å². The molecule has 0 radical (unpaired) electrons. The summed E-state index contributed by atoms with van der Waals surface area (Å²) in [5.74, 6) is -2.21. The Bertz CT molecular complexity index is 1170. The van der Waals surface area contributed by atoms with E-state index in [0.29, 0.717) is 0 Å². The summed E-state index contributed by atoms with van der Waals surface area (Å²) >= 11 is 0. The number of imide groups is 2. The molecule has 206 valence electrons. The quantitative estimate of drug-likeness (QED) is 0.201. The number of amides is 5. The van der Waals surface area contributed by atoms with E-state index in [0.717, 1.165) is 13.1 Å². The van der Waals surface area contributed by atoms with Crippen molar-refractivity contribution in [3.63, 3.8) is 0 Å². The zero-order valence-electron chi connectivity index (χ0n) is 22.1. The van der Waals surface area contributed by atoms with Crippen LogP contribution in [0.5, 0.6) is 0 Å². The zero-order valence-corrected chi connectivity index (χ0v) is 23.0. The average Bonchev–Trinajstić information content (AvgIpc) is 3.57. The van der Waals surface area contributed by atoms with Gasteiger partial charge in [0, 0.05) is 24.2 Å². The van der Waals surface area contributed by atoms with Crippen molar-refractivity contribution in [1.82, 2.24) is 25.1 Å². The lowest BCUT2D eigenvalue weighted by molar-refractivity contribution is -0.166. The van der Waals surface area contributed by atoms with E-state index in [1.54, 1.807) is 6.92 Å². The fraction of sp³-hybridized carbons (Fsp3) is 0.720. The number of carbonyl (C=O) groups is 5. The number of fused-ring (bicyclic) bond motifs is 1. The molecule has 13 heteroatoms. The first kappa shape index (κ1) is 25.7. The molecule has 12 nitrogen and oxygen atoms in total. The molecule has 3 N–H and O–H groups in total. The molecule has 4 heterocycles. The summed E-state index contributed by atoms with van der Waals surface area (Å²) in [6.07, 6.45) is 3.36. The second kappa shape index (κ2) is 7.99. The van der Waals surface area contributed by atoms with Crippen LogP contribution in [-0.2, 0) is 28.5 Å². The van der Waals surface area contributed by atoms with Crippen molar-refractivity contribution in [2.45, 2.75) is 45.7 Å². The standard InChI is InChI=1S/C14H12N2O4.C11H22N3O3P/c17-11-7-3-1-2-4(8(7)12(18)15-11)6-5(3)9-10(6)14(20)16-13(9)19;1-6-17-9(15)12-18(16,13-7-10(13,2)3)14-8-11(14,4)5/h1-10H,(H,15,17,18)(H,16,19,20);6-8H2,1-5H3,(H,12,15,16)/t3-,4+,5+,6-,7-,8+,9-,10+;. The summed E-state index contributed by atoms with van der Waals surface area (Å²) in [6, 6.07) is 0. The highest BCUT2D eigenvalue weighted by atomic mass is 31.2. The van der Waals surface area contributed by atoms with Crippen molar-refractivity contribution < 1.29 is 33.3 Å². The number of nitrogens with one attached hydrogen (secondary N) is 3. The van der Waals surface area contributed by atoms with Crippen molar-refractivity contribution in [2.75, 3.05) is 19.7 Å². The van der Waals surface area contributed by atoms with Crippen molar-refractivity contribution in [2.24, 2.45) is 47.3 Å². The first-order valence-corrected chi connectivity index (χ1v) is 14.8. The smallest absolute Gasteiger partial charge is 0.414 e.